The molecular formula is C18H20O2. The summed E-state index contributed by atoms with van der Waals surface area (Å²) in [6.45, 7) is 6.54. The Morgan fingerprint density at radius 3 is 2.55 bits per heavy atom. The molecule has 0 bridgehead atoms. The molecule has 3 rings (SSSR count). The van der Waals surface area contributed by atoms with Crippen LogP contribution in [-0.2, 0) is 13.0 Å². The molecule has 2 heteroatoms. The third-order valence-corrected chi connectivity index (χ3v) is 3.34. The van der Waals surface area contributed by atoms with Gasteiger partial charge in [0, 0.05) is 11.1 Å². The number of benzene rings is 2. The van der Waals surface area contributed by atoms with Crippen LogP contribution in [0.15, 0.2) is 42.5 Å². The zero-order valence-corrected chi connectivity index (χ0v) is 12.3. The molecule has 0 radical (unpaired) electrons. The first-order valence-corrected chi connectivity index (χ1v) is 7.18. The van der Waals surface area contributed by atoms with E-state index in [1.165, 1.54) is 0 Å². The lowest BCUT2D eigenvalue weighted by atomic mass is 9.97. The van der Waals surface area contributed by atoms with Crippen molar-refractivity contribution in [2.75, 3.05) is 0 Å². The zero-order valence-electron chi connectivity index (χ0n) is 12.3. The van der Waals surface area contributed by atoms with E-state index in [1.807, 2.05) is 56.3 Å². The Hall–Kier alpha value is -2.09. The average Bonchev–Trinajstić information content (AvgIpc) is 2.67. The summed E-state index contributed by atoms with van der Waals surface area (Å²) in [5, 5.41) is 0. The molecule has 20 heavy (non-hydrogen) atoms. The van der Waals surface area contributed by atoms with Gasteiger partial charge in [0.15, 0.2) is 5.78 Å². The molecule has 0 N–H and O–H groups in total. The van der Waals surface area contributed by atoms with Gasteiger partial charge in [-0.3, -0.25) is 4.79 Å². The molecule has 1 aliphatic heterocycles. The third kappa shape index (κ3) is 2.60. The van der Waals surface area contributed by atoms with Crippen molar-refractivity contribution >= 4 is 5.78 Å². The molecule has 2 aromatic rings. The number of ether oxygens (including phenoxy) is 1. The highest BCUT2D eigenvalue weighted by Crippen LogP contribution is 2.29. The number of ketones is 1. The Morgan fingerprint density at radius 1 is 1.05 bits per heavy atom. The van der Waals surface area contributed by atoms with Gasteiger partial charge in [-0.1, -0.05) is 51.1 Å². The van der Waals surface area contributed by atoms with Crippen LogP contribution in [0.3, 0.4) is 0 Å². The fourth-order valence-corrected chi connectivity index (χ4v) is 2.27. The van der Waals surface area contributed by atoms with E-state index in [2.05, 4.69) is 6.92 Å². The maximum atomic E-state index is 12.5. The molecule has 0 spiro atoms. The van der Waals surface area contributed by atoms with Gasteiger partial charge in [0.1, 0.15) is 12.4 Å². The van der Waals surface area contributed by atoms with Crippen molar-refractivity contribution in [1.29, 1.82) is 0 Å². The number of aryl methyl sites for hydroxylation is 1. The first-order chi connectivity index (χ1) is 9.79. The van der Waals surface area contributed by atoms with Crippen molar-refractivity contribution < 1.29 is 9.53 Å². The molecule has 0 amide bonds. The number of hydrogen-bond acceptors (Lipinski definition) is 2. The molecule has 0 fully saturated rings. The summed E-state index contributed by atoms with van der Waals surface area (Å²) in [6, 6.07) is 13.5. The zero-order chi connectivity index (χ0) is 14.5. The van der Waals surface area contributed by atoms with Crippen LogP contribution >= 0.6 is 0 Å². The van der Waals surface area contributed by atoms with E-state index in [-0.39, 0.29) is 5.78 Å². The van der Waals surface area contributed by atoms with Crippen LogP contribution in [0, 0.1) is 0 Å². The van der Waals surface area contributed by atoms with Crippen LogP contribution < -0.4 is 4.74 Å². The van der Waals surface area contributed by atoms with Gasteiger partial charge in [0.05, 0.1) is 5.56 Å². The fraction of sp³-hybridized carbons (Fsp3) is 0.278. The highest BCUT2D eigenvalue weighted by molar-refractivity contribution is 6.12. The molecule has 0 saturated carbocycles. The lowest BCUT2D eigenvalue weighted by Crippen LogP contribution is -2.03. The summed E-state index contributed by atoms with van der Waals surface area (Å²) < 4.78 is 5.72. The van der Waals surface area contributed by atoms with Gasteiger partial charge in [-0.15, -0.1) is 0 Å². The number of hydrogen-bond donors (Lipinski definition) is 0. The molecule has 0 aliphatic carbocycles. The largest absolute Gasteiger partial charge is 0.488 e. The van der Waals surface area contributed by atoms with Gasteiger partial charge in [-0.05, 0) is 24.1 Å². The summed E-state index contributed by atoms with van der Waals surface area (Å²) in [5.41, 5.74) is 3.55. The first kappa shape index (κ1) is 14.3. The predicted molar refractivity (Wildman–Crippen MR) is 81.4 cm³/mol. The van der Waals surface area contributed by atoms with E-state index < -0.39 is 0 Å². The topological polar surface area (TPSA) is 26.3 Å². The smallest absolute Gasteiger partial charge is 0.197 e. The first-order valence-electron chi connectivity index (χ1n) is 7.18. The summed E-state index contributed by atoms with van der Waals surface area (Å²) in [6.07, 6.45) is 0.919. The van der Waals surface area contributed by atoms with Crippen LogP contribution in [0.5, 0.6) is 5.75 Å². The number of fused-ring (bicyclic) bond motifs is 2. The van der Waals surface area contributed by atoms with Crippen LogP contribution in [0.4, 0.5) is 0 Å². The maximum absolute atomic E-state index is 12.5. The lowest BCUT2D eigenvalue weighted by Gasteiger charge is -2.07. The van der Waals surface area contributed by atoms with E-state index in [0.717, 1.165) is 23.1 Å². The minimum absolute atomic E-state index is 0.0633. The molecular weight excluding hydrogens is 248 g/mol. The molecule has 0 saturated heterocycles. The molecule has 2 aromatic carbocycles. The SMILES string of the molecule is CC.CCc1ccc2c(c1)C(=O)c1ccccc1CO2. The van der Waals surface area contributed by atoms with Gasteiger partial charge in [-0.25, -0.2) is 0 Å². The highest BCUT2D eigenvalue weighted by atomic mass is 16.5. The predicted octanol–water partition coefficient (Wildman–Crippen LogP) is 4.40. The van der Waals surface area contributed by atoms with E-state index in [4.69, 9.17) is 4.74 Å². The van der Waals surface area contributed by atoms with Gasteiger partial charge in [0.25, 0.3) is 0 Å². The summed E-state index contributed by atoms with van der Waals surface area (Å²) in [4.78, 5) is 12.5. The van der Waals surface area contributed by atoms with E-state index in [1.54, 1.807) is 0 Å². The minimum Gasteiger partial charge on any atom is -0.488 e. The second-order valence-electron chi connectivity index (χ2n) is 4.46. The van der Waals surface area contributed by atoms with Crippen molar-refractivity contribution in [3.05, 3.63) is 64.7 Å². The van der Waals surface area contributed by atoms with Crippen molar-refractivity contribution in [2.24, 2.45) is 0 Å². The lowest BCUT2D eigenvalue weighted by molar-refractivity contribution is 0.103. The Morgan fingerprint density at radius 2 is 1.80 bits per heavy atom. The van der Waals surface area contributed by atoms with Crippen LogP contribution in [0.25, 0.3) is 0 Å². The second kappa shape index (κ2) is 6.38. The van der Waals surface area contributed by atoms with Crippen molar-refractivity contribution in [2.45, 2.75) is 33.8 Å². The third-order valence-electron chi connectivity index (χ3n) is 3.34. The van der Waals surface area contributed by atoms with Crippen molar-refractivity contribution in [3.63, 3.8) is 0 Å². The fourth-order valence-electron chi connectivity index (χ4n) is 2.27. The Balaban J connectivity index is 0.000000704. The molecule has 2 nitrogen and oxygen atoms in total. The Bertz CT molecular complexity index is 615. The minimum atomic E-state index is 0.0633. The van der Waals surface area contributed by atoms with Gasteiger partial charge < -0.3 is 4.74 Å². The second-order valence-corrected chi connectivity index (χ2v) is 4.46. The number of rotatable bonds is 1. The normalized spacial score (nSPS) is 12.2. The molecule has 104 valence electrons. The van der Waals surface area contributed by atoms with Gasteiger partial charge >= 0.3 is 0 Å². The molecule has 0 atom stereocenters. The van der Waals surface area contributed by atoms with Crippen molar-refractivity contribution in [1.82, 2.24) is 0 Å². The highest BCUT2D eigenvalue weighted by Gasteiger charge is 2.21. The van der Waals surface area contributed by atoms with Gasteiger partial charge in [-0.2, -0.15) is 0 Å². The average molecular weight is 268 g/mol. The summed E-state index contributed by atoms with van der Waals surface area (Å²) in [7, 11) is 0. The molecule has 1 aliphatic rings. The number of carbonyl (C=O) groups excluding carboxylic acids is 1. The van der Waals surface area contributed by atoms with E-state index in [0.29, 0.717) is 17.9 Å². The standard InChI is InChI=1S/C16H14O2.C2H6/c1-2-11-7-8-15-14(9-11)16(17)13-6-4-3-5-12(13)10-18-15;1-2/h3-9H,2,10H2,1H3;1-2H3. The Labute approximate surface area is 120 Å². The van der Waals surface area contributed by atoms with Crippen LogP contribution in [0.1, 0.15) is 47.8 Å². The quantitative estimate of drug-likeness (QED) is 0.766. The molecule has 0 aromatic heterocycles. The van der Waals surface area contributed by atoms with Crippen LogP contribution in [-0.4, -0.2) is 5.78 Å². The van der Waals surface area contributed by atoms with E-state index >= 15 is 0 Å². The number of carbonyl (C=O) groups is 1. The van der Waals surface area contributed by atoms with Crippen molar-refractivity contribution in [3.8, 4) is 5.75 Å². The van der Waals surface area contributed by atoms with Crippen LogP contribution in [0.2, 0.25) is 0 Å². The monoisotopic (exact) mass is 268 g/mol. The van der Waals surface area contributed by atoms with E-state index in [9.17, 15) is 4.79 Å². The molecule has 1 heterocycles. The Kier molecular flexibility index (Phi) is 4.57. The summed E-state index contributed by atoms with van der Waals surface area (Å²) in [5.74, 6) is 0.752. The van der Waals surface area contributed by atoms with Gasteiger partial charge in [0.2, 0.25) is 0 Å². The maximum Gasteiger partial charge on any atom is 0.197 e. The molecule has 0 unspecified atom stereocenters. The summed E-state index contributed by atoms with van der Waals surface area (Å²) >= 11 is 0.